The van der Waals surface area contributed by atoms with Gasteiger partial charge in [-0.3, -0.25) is 0 Å². The van der Waals surface area contributed by atoms with Crippen molar-refractivity contribution < 1.29 is 0 Å². The lowest BCUT2D eigenvalue weighted by Gasteiger charge is -2.20. The highest BCUT2D eigenvalue weighted by molar-refractivity contribution is 6.18. The van der Waals surface area contributed by atoms with Crippen molar-refractivity contribution in [2.75, 3.05) is 32.1 Å². The maximum Gasteiger partial charge on any atom is 0.0404 e. The molecule has 0 spiro atoms. The summed E-state index contributed by atoms with van der Waals surface area (Å²) in [5.74, 6) is 1.45. The molecule has 1 saturated heterocycles. The maximum atomic E-state index is 5.54. The molecule has 1 heterocycles. The molecule has 1 aliphatic heterocycles. The molecule has 1 rings (SSSR count). The lowest BCUT2D eigenvalue weighted by Crippen LogP contribution is -2.30. The van der Waals surface area contributed by atoms with Crippen molar-refractivity contribution in [3.63, 3.8) is 0 Å². The van der Waals surface area contributed by atoms with Gasteiger partial charge in [0.25, 0.3) is 0 Å². The predicted molar refractivity (Wildman–Crippen MR) is 67.5 cm³/mol. The summed E-state index contributed by atoms with van der Waals surface area (Å²) in [5, 5.41) is 3.45. The monoisotopic (exact) mass is 230 g/mol. The van der Waals surface area contributed by atoms with Gasteiger partial charge in [0.1, 0.15) is 0 Å². The van der Waals surface area contributed by atoms with Crippen molar-refractivity contribution in [1.82, 2.24) is 10.2 Å². The first-order chi connectivity index (χ1) is 7.24. The Morgan fingerprint density at radius 2 is 2.27 bits per heavy atom. The smallest absolute Gasteiger partial charge is 0.0404 e. The number of allylic oxidation sites excluding steroid dienone is 1. The molecular weight excluding hydrogens is 208 g/mol. The summed E-state index contributed by atoms with van der Waals surface area (Å²) in [6.07, 6.45) is 5.43. The van der Waals surface area contributed by atoms with Crippen LogP contribution in [0.1, 0.15) is 20.3 Å². The van der Waals surface area contributed by atoms with Gasteiger partial charge in [-0.15, -0.1) is 11.6 Å². The van der Waals surface area contributed by atoms with Gasteiger partial charge in [0.15, 0.2) is 0 Å². The van der Waals surface area contributed by atoms with Crippen molar-refractivity contribution >= 4 is 11.6 Å². The Labute approximate surface area is 98.7 Å². The predicted octanol–water partition coefficient (Wildman–Crippen LogP) is 2.10. The van der Waals surface area contributed by atoms with E-state index in [-0.39, 0.29) is 0 Å². The number of nitrogens with zero attached hydrogens (tertiary/aromatic N) is 1. The average molecular weight is 231 g/mol. The van der Waals surface area contributed by atoms with Crippen LogP contribution >= 0.6 is 11.6 Å². The van der Waals surface area contributed by atoms with Gasteiger partial charge in [-0.1, -0.05) is 12.2 Å². The van der Waals surface area contributed by atoms with Crippen LogP contribution in [0.15, 0.2) is 12.2 Å². The zero-order valence-corrected chi connectivity index (χ0v) is 10.6. The molecule has 0 aliphatic carbocycles. The number of likely N-dealkylation sites (tertiary alicyclic amines) is 1. The fourth-order valence-electron chi connectivity index (χ4n) is 2.02. The summed E-state index contributed by atoms with van der Waals surface area (Å²) < 4.78 is 0. The molecule has 0 bridgehead atoms. The second kappa shape index (κ2) is 7.26. The number of rotatable bonds is 6. The van der Waals surface area contributed by atoms with Crippen LogP contribution in [-0.4, -0.2) is 43.0 Å². The molecular formula is C12H23ClN2. The van der Waals surface area contributed by atoms with E-state index in [1.54, 1.807) is 0 Å². The molecule has 0 aromatic heterocycles. The van der Waals surface area contributed by atoms with Crippen molar-refractivity contribution in [1.29, 1.82) is 0 Å². The van der Waals surface area contributed by atoms with Gasteiger partial charge >= 0.3 is 0 Å². The topological polar surface area (TPSA) is 15.3 Å². The normalized spacial score (nSPS) is 23.3. The Morgan fingerprint density at radius 1 is 1.47 bits per heavy atom. The summed E-state index contributed by atoms with van der Waals surface area (Å²) in [6.45, 7) is 9.16. The number of hydrogen-bond acceptors (Lipinski definition) is 2. The van der Waals surface area contributed by atoms with E-state index >= 15 is 0 Å². The fraction of sp³-hybridized carbons (Fsp3) is 0.833. The molecule has 0 aromatic rings. The van der Waals surface area contributed by atoms with Gasteiger partial charge in [-0.25, -0.2) is 0 Å². The van der Waals surface area contributed by atoms with Crippen LogP contribution in [0.5, 0.6) is 0 Å². The summed E-state index contributed by atoms with van der Waals surface area (Å²) in [5.41, 5.74) is 0. The molecule has 1 atom stereocenters. The average Bonchev–Trinajstić information content (AvgIpc) is 2.66. The third kappa shape index (κ3) is 5.01. The Kier molecular flexibility index (Phi) is 6.30. The Balaban J connectivity index is 2.06. The largest absolute Gasteiger partial charge is 0.313 e. The zero-order valence-electron chi connectivity index (χ0n) is 9.88. The molecule has 1 unspecified atom stereocenters. The molecule has 0 aromatic carbocycles. The van der Waals surface area contributed by atoms with E-state index in [0.29, 0.717) is 11.9 Å². The van der Waals surface area contributed by atoms with Gasteiger partial charge in [0.05, 0.1) is 0 Å². The molecule has 3 heteroatoms. The van der Waals surface area contributed by atoms with Gasteiger partial charge in [0, 0.05) is 25.0 Å². The van der Waals surface area contributed by atoms with Crippen LogP contribution in [0.3, 0.4) is 0 Å². The van der Waals surface area contributed by atoms with Gasteiger partial charge in [-0.2, -0.15) is 0 Å². The Bertz CT molecular complexity index is 192. The van der Waals surface area contributed by atoms with E-state index < -0.39 is 0 Å². The van der Waals surface area contributed by atoms with Crippen LogP contribution in [0.4, 0.5) is 0 Å². The molecule has 0 radical (unpaired) electrons. The van der Waals surface area contributed by atoms with Crippen LogP contribution in [0.2, 0.25) is 0 Å². The van der Waals surface area contributed by atoms with E-state index in [9.17, 15) is 0 Å². The number of nitrogens with one attached hydrogen (secondary N) is 1. The second-order valence-corrected chi connectivity index (χ2v) is 4.84. The molecule has 0 saturated carbocycles. The van der Waals surface area contributed by atoms with E-state index in [0.717, 1.165) is 19.0 Å². The third-order valence-electron chi connectivity index (χ3n) is 3.00. The summed E-state index contributed by atoms with van der Waals surface area (Å²) >= 11 is 5.54. The number of halogens is 1. The number of alkyl halides is 1. The van der Waals surface area contributed by atoms with Crippen LogP contribution < -0.4 is 5.32 Å². The summed E-state index contributed by atoms with van der Waals surface area (Å²) in [4.78, 5) is 2.56. The standard InChI is InChI=1S/C12H23ClN2/c1-11(2)15-8-5-12(10-15)9-14-7-4-3-6-13/h3-4,11-12,14H,5-10H2,1-2H3/b4-3+. The lowest BCUT2D eigenvalue weighted by atomic mass is 10.1. The minimum absolute atomic E-state index is 0.617. The molecule has 1 aliphatic rings. The highest BCUT2D eigenvalue weighted by Crippen LogP contribution is 2.17. The van der Waals surface area contributed by atoms with E-state index in [1.807, 2.05) is 6.08 Å². The van der Waals surface area contributed by atoms with E-state index in [4.69, 9.17) is 11.6 Å². The van der Waals surface area contributed by atoms with Gasteiger partial charge in [-0.05, 0) is 39.3 Å². The first kappa shape index (κ1) is 13.0. The zero-order chi connectivity index (χ0) is 11.1. The summed E-state index contributed by atoms with van der Waals surface area (Å²) in [7, 11) is 0. The number of hydrogen-bond donors (Lipinski definition) is 1. The third-order valence-corrected chi connectivity index (χ3v) is 3.18. The highest BCUT2D eigenvalue weighted by atomic mass is 35.5. The van der Waals surface area contributed by atoms with Gasteiger partial charge < -0.3 is 10.2 Å². The quantitative estimate of drug-likeness (QED) is 0.427. The van der Waals surface area contributed by atoms with Crippen LogP contribution in [-0.2, 0) is 0 Å². The molecule has 1 fully saturated rings. The Hall–Kier alpha value is -0.0500. The van der Waals surface area contributed by atoms with Gasteiger partial charge in [0.2, 0.25) is 0 Å². The SMILES string of the molecule is CC(C)N1CCC(CNC/C=C/CCl)C1. The van der Waals surface area contributed by atoms with Crippen molar-refractivity contribution in [2.45, 2.75) is 26.3 Å². The highest BCUT2D eigenvalue weighted by Gasteiger charge is 2.23. The van der Waals surface area contributed by atoms with E-state index in [2.05, 4.69) is 30.1 Å². The minimum atomic E-state index is 0.617. The minimum Gasteiger partial charge on any atom is -0.313 e. The first-order valence-corrected chi connectivity index (χ1v) is 6.43. The van der Waals surface area contributed by atoms with Crippen molar-refractivity contribution in [3.05, 3.63) is 12.2 Å². The first-order valence-electron chi connectivity index (χ1n) is 5.89. The van der Waals surface area contributed by atoms with Crippen LogP contribution in [0.25, 0.3) is 0 Å². The Morgan fingerprint density at radius 3 is 2.87 bits per heavy atom. The van der Waals surface area contributed by atoms with Crippen molar-refractivity contribution in [2.24, 2.45) is 5.92 Å². The summed E-state index contributed by atoms with van der Waals surface area (Å²) in [6, 6.07) is 0.700. The molecule has 15 heavy (non-hydrogen) atoms. The maximum absolute atomic E-state index is 5.54. The second-order valence-electron chi connectivity index (χ2n) is 4.53. The fourth-order valence-corrected chi connectivity index (χ4v) is 2.14. The molecule has 0 amide bonds. The lowest BCUT2D eigenvalue weighted by molar-refractivity contribution is 0.264. The molecule has 1 N–H and O–H groups in total. The van der Waals surface area contributed by atoms with E-state index in [1.165, 1.54) is 19.5 Å². The molecule has 2 nitrogen and oxygen atoms in total. The van der Waals surface area contributed by atoms with Crippen LogP contribution in [0, 0.1) is 5.92 Å². The van der Waals surface area contributed by atoms with Crippen molar-refractivity contribution in [3.8, 4) is 0 Å². The molecule has 88 valence electrons.